The van der Waals surface area contributed by atoms with Gasteiger partial charge in [0.25, 0.3) is 0 Å². The maximum Gasteiger partial charge on any atom is 0.307 e. The van der Waals surface area contributed by atoms with Gasteiger partial charge in [0.05, 0.1) is 5.92 Å². The zero-order valence-corrected chi connectivity index (χ0v) is 12.0. The molecule has 19 heavy (non-hydrogen) atoms. The van der Waals surface area contributed by atoms with Crippen LogP contribution >= 0.6 is 0 Å². The summed E-state index contributed by atoms with van der Waals surface area (Å²) in [6.07, 6.45) is 0.804. The van der Waals surface area contributed by atoms with Gasteiger partial charge in [-0.2, -0.15) is 0 Å². The summed E-state index contributed by atoms with van der Waals surface area (Å²) >= 11 is 0. The summed E-state index contributed by atoms with van der Waals surface area (Å²) in [7, 11) is 0. The molecule has 0 saturated carbocycles. The molecule has 0 amide bonds. The second-order valence-corrected chi connectivity index (χ2v) is 5.99. The monoisotopic (exact) mass is 261 g/mol. The van der Waals surface area contributed by atoms with Crippen molar-refractivity contribution in [1.82, 2.24) is 4.90 Å². The second-order valence-electron chi connectivity index (χ2n) is 5.99. The Morgan fingerprint density at radius 1 is 1.32 bits per heavy atom. The molecular formula is C16H23NO2. The number of nitrogens with zero attached hydrogens (tertiary/aromatic N) is 1. The third-order valence-electron chi connectivity index (χ3n) is 4.06. The maximum absolute atomic E-state index is 11.2. The third kappa shape index (κ3) is 3.57. The van der Waals surface area contributed by atoms with E-state index in [-0.39, 0.29) is 5.92 Å². The van der Waals surface area contributed by atoms with E-state index >= 15 is 0 Å². The lowest BCUT2D eigenvalue weighted by Crippen LogP contribution is -2.41. The number of likely N-dealkylation sites (tertiary alicyclic amines) is 1. The topological polar surface area (TPSA) is 40.5 Å². The normalized spacial score (nSPS) is 24.4. The van der Waals surface area contributed by atoms with Crippen LogP contribution in [0.3, 0.4) is 0 Å². The molecule has 1 saturated heterocycles. The number of rotatable bonds is 3. The van der Waals surface area contributed by atoms with Crippen LogP contribution in [-0.4, -0.2) is 29.1 Å². The summed E-state index contributed by atoms with van der Waals surface area (Å²) in [6.45, 7) is 8.90. The summed E-state index contributed by atoms with van der Waals surface area (Å²) in [5.41, 5.74) is 3.89. The standard InChI is InChI=1S/C16H23NO2/c1-11-6-15(16(18)19)10-17(8-11)9-14-5-4-12(2)13(3)7-14/h4-5,7,11,15H,6,8-10H2,1-3H3,(H,18,19). The molecule has 2 rings (SSSR count). The molecule has 1 aromatic rings. The van der Waals surface area contributed by atoms with Crippen LogP contribution in [0.25, 0.3) is 0 Å². The molecule has 104 valence electrons. The van der Waals surface area contributed by atoms with Gasteiger partial charge in [-0.05, 0) is 42.9 Å². The molecule has 0 radical (unpaired) electrons. The molecule has 1 aliphatic rings. The van der Waals surface area contributed by atoms with Crippen molar-refractivity contribution in [1.29, 1.82) is 0 Å². The first-order chi connectivity index (χ1) is 8.95. The molecule has 2 unspecified atom stereocenters. The van der Waals surface area contributed by atoms with Gasteiger partial charge in [-0.3, -0.25) is 9.69 Å². The van der Waals surface area contributed by atoms with E-state index in [0.717, 1.165) is 19.5 Å². The van der Waals surface area contributed by atoms with Gasteiger partial charge in [0.2, 0.25) is 0 Å². The molecule has 0 spiro atoms. The van der Waals surface area contributed by atoms with Crippen LogP contribution in [0.4, 0.5) is 0 Å². The lowest BCUT2D eigenvalue weighted by Gasteiger charge is -2.34. The Bertz CT molecular complexity index is 470. The minimum atomic E-state index is -0.656. The third-order valence-corrected chi connectivity index (χ3v) is 4.06. The minimum absolute atomic E-state index is 0.213. The highest BCUT2D eigenvalue weighted by atomic mass is 16.4. The average Bonchev–Trinajstić information content (AvgIpc) is 2.33. The number of carbonyl (C=O) groups is 1. The van der Waals surface area contributed by atoms with Gasteiger partial charge in [0, 0.05) is 19.6 Å². The predicted molar refractivity (Wildman–Crippen MR) is 76.1 cm³/mol. The highest BCUT2D eigenvalue weighted by Crippen LogP contribution is 2.23. The Balaban J connectivity index is 2.05. The first-order valence-corrected chi connectivity index (χ1v) is 6.97. The number of hydrogen-bond donors (Lipinski definition) is 1. The molecule has 1 aliphatic heterocycles. The van der Waals surface area contributed by atoms with Crippen LogP contribution in [0.2, 0.25) is 0 Å². The summed E-state index contributed by atoms with van der Waals surface area (Å²) in [5.74, 6) is -0.409. The Morgan fingerprint density at radius 2 is 2.05 bits per heavy atom. The molecule has 0 aliphatic carbocycles. The first kappa shape index (κ1) is 14.1. The van der Waals surface area contributed by atoms with E-state index in [9.17, 15) is 9.90 Å². The SMILES string of the molecule is Cc1ccc(CN2CC(C)CC(C(=O)O)C2)cc1C. The van der Waals surface area contributed by atoms with Crippen molar-refractivity contribution in [3.63, 3.8) is 0 Å². The fourth-order valence-corrected chi connectivity index (χ4v) is 2.93. The molecule has 3 heteroatoms. The largest absolute Gasteiger partial charge is 0.481 e. The average molecular weight is 261 g/mol. The molecule has 1 N–H and O–H groups in total. The van der Waals surface area contributed by atoms with Crippen LogP contribution in [0.1, 0.15) is 30.0 Å². The van der Waals surface area contributed by atoms with Gasteiger partial charge in [0.15, 0.2) is 0 Å². The fourth-order valence-electron chi connectivity index (χ4n) is 2.93. The molecule has 1 heterocycles. The van der Waals surface area contributed by atoms with E-state index in [1.54, 1.807) is 0 Å². The summed E-state index contributed by atoms with van der Waals surface area (Å²) in [6, 6.07) is 6.51. The number of hydrogen-bond acceptors (Lipinski definition) is 2. The van der Waals surface area contributed by atoms with E-state index in [4.69, 9.17) is 0 Å². The zero-order chi connectivity index (χ0) is 14.0. The molecule has 0 bridgehead atoms. The van der Waals surface area contributed by atoms with E-state index in [1.807, 2.05) is 0 Å². The van der Waals surface area contributed by atoms with Gasteiger partial charge in [-0.1, -0.05) is 25.1 Å². The van der Waals surface area contributed by atoms with Crippen molar-refractivity contribution >= 4 is 5.97 Å². The van der Waals surface area contributed by atoms with Crippen LogP contribution < -0.4 is 0 Å². The van der Waals surface area contributed by atoms with Crippen LogP contribution in [0, 0.1) is 25.7 Å². The second kappa shape index (κ2) is 5.74. The van der Waals surface area contributed by atoms with E-state index in [0.29, 0.717) is 12.5 Å². The minimum Gasteiger partial charge on any atom is -0.481 e. The van der Waals surface area contributed by atoms with Crippen LogP contribution in [0.5, 0.6) is 0 Å². The molecule has 1 aromatic carbocycles. The van der Waals surface area contributed by atoms with Gasteiger partial charge in [-0.25, -0.2) is 0 Å². The molecule has 0 aromatic heterocycles. The number of carboxylic acid groups (broad SMARTS) is 1. The smallest absolute Gasteiger partial charge is 0.307 e. The first-order valence-electron chi connectivity index (χ1n) is 6.97. The highest BCUT2D eigenvalue weighted by Gasteiger charge is 2.29. The molecule has 2 atom stereocenters. The van der Waals surface area contributed by atoms with E-state index < -0.39 is 5.97 Å². The van der Waals surface area contributed by atoms with Gasteiger partial charge < -0.3 is 5.11 Å². The Morgan fingerprint density at radius 3 is 2.68 bits per heavy atom. The predicted octanol–water partition coefficient (Wildman–Crippen LogP) is 2.85. The maximum atomic E-state index is 11.2. The summed E-state index contributed by atoms with van der Waals surface area (Å²) in [5, 5.41) is 9.19. The zero-order valence-electron chi connectivity index (χ0n) is 12.0. The van der Waals surface area contributed by atoms with Gasteiger partial charge in [0.1, 0.15) is 0 Å². The fraction of sp³-hybridized carbons (Fsp3) is 0.562. The number of carboxylic acids is 1. The van der Waals surface area contributed by atoms with Crippen molar-refractivity contribution in [2.45, 2.75) is 33.7 Å². The molecule has 3 nitrogen and oxygen atoms in total. The highest BCUT2D eigenvalue weighted by molar-refractivity contribution is 5.70. The Labute approximate surface area is 115 Å². The number of aryl methyl sites for hydroxylation is 2. The Hall–Kier alpha value is -1.35. The number of piperidine rings is 1. The molecule has 1 fully saturated rings. The van der Waals surface area contributed by atoms with Crippen molar-refractivity contribution in [2.24, 2.45) is 11.8 Å². The summed E-state index contributed by atoms with van der Waals surface area (Å²) in [4.78, 5) is 13.4. The van der Waals surface area contributed by atoms with Crippen molar-refractivity contribution in [3.05, 3.63) is 34.9 Å². The molecular weight excluding hydrogens is 238 g/mol. The van der Waals surface area contributed by atoms with Gasteiger partial charge >= 0.3 is 5.97 Å². The van der Waals surface area contributed by atoms with Crippen molar-refractivity contribution in [2.75, 3.05) is 13.1 Å². The lowest BCUT2D eigenvalue weighted by atomic mass is 9.90. The van der Waals surface area contributed by atoms with Crippen molar-refractivity contribution in [3.8, 4) is 0 Å². The summed E-state index contributed by atoms with van der Waals surface area (Å²) < 4.78 is 0. The van der Waals surface area contributed by atoms with Crippen LogP contribution in [0.15, 0.2) is 18.2 Å². The van der Waals surface area contributed by atoms with Gasteiger partial charge in [-0.15, -0.1) is 0 Å². The number of aliphatic carboxylic acids is 1. The Kier molecular flexibility index (Phi) is 4.25. The van der Waals surface area contributed by atoms with E-state index in [2.05, 4.69) is 43.9 Å². The number of benzene rings is 1. The quantitative estimate of drug-likeness (QED) is 0.909. The lowest BCUT2D eigenvalue weighted by molar-refractivity contribution is -0.144. The van der Waals surface area contributed by atoms with Crippen LogP contribution in [-0.2, 0) is 11.3 Å². The van der Waals surface area contributed by atoms with E-state index in [1.165, 1.54) is 16.7 Å². The van der Waals surface area contributed by atoms with Crippen molar-refractivity contribution < 1.29 is 9.90 Å².